The second-order valence-corrected chi connectivity index (χ2v) is 7.05. The van der Waals surface area contributed by atoms with Crippen molar-refractivity contribution in [2.24, 2.45) is 0 Å². The van der Waals surface area contributed by atoms with Gasteiger partial charge in [0.05, 0.1) is 6.61 Å². The zero-order valence-corrected chi connectivity index (χ0v) is 14.6. The van der Waals surface area contributed by atoms with Gasteiger partial charge >= 0.3 is 6.03 Å². The standard InChI is InChI=1S/C17H29N3O4/c1-14(21)19-8-5-9-20(11-10-19)16(22)18-12-15-13-23-17(24-15)6-3-2-4-7-17/h15H,2-13H2,1H3,(H,18,22)/t15-/m1/s1. The van der Waals surface area contributed by atoms with Gasteiger partial charge in [0.25, 0.3) is 0 Å². The Morgan fingerprint density at radius 2 is 1.75 bits per heavy atom. The molecule has 2 saturated heterocycles. The summed E-state index contributed by atoms with van der Waals surface area (Å²) in [4.78, 5) is 27.4. The van der Waals surface area contributed by atoms with Crippen LogP contribution in [0.5, 0.6) is 0 Å². The summed E-state index contributed by atoms with van der Waals surface area (Å²) in [5.41, 5.74) is 0. The summed E-state index contributed by atoms with van der Waals surface area (Å²) in [5.74, 6) is -0.315. The van der Waals surface area contributed by atoms with Crippen LogP contribution in [0.25, 0.3) is 0 Å². The molecule has 3 rings (SSSR count). The Kier molecular flexibility index (Phi) is 5.61. The number of carbonyl (C=O) groups excluding carboxylic acids is 2. The van der Waals surface area contributed by atoms with Crippen LogP contribution in [-0.4, -0.2) is 73.0 Å². The minimum Gasteiger partial charge on any atom is -0.347 e. The molecule has 1 aliphatic carbocycles. The lowest BCUT2D eigenvalue weighted by atomic mass is 9.94. The van der Waals surface area contributed by atoms with Gasteiger partial charge in [-0.15, -0.1) is 0 Å². The van der Waals surface area contributed by atoms with Crippen LogP contribution in [0.3, 0.4) is 0 Å². The molecule has 7 nitrogen and oxygen atoms in total. The molecular formula is C17H29N3O4. The van der Waals surface area contributed by atoms with Gasteiger partial charge < -0.3 is 24.6 Å². The van der Waals surface area contributed by atoms with E-state index in [4.69, 9.17) is 9.47 Å². The van der Waals surface area contributed by atoms with Crippen molar-refractivity contribution in [1.82, 2.24) is 15.1 Å². The quantitative estimate of drug-likeness (QED) is 0.824. The van der Waals surface area contributed by atoms with E-state index in [2.05, 4.69) is 5.32 Å². The van der Waals surface area contributed by atoms with Gasteiger partial charge in [-0.2, -0.15) is 0 Å². The van der Waals surface area contributed by atoms with E-state index in [1.165, 1.54) is 6.42 Å². The van der Waals surface area contributed by atoms with E-state index in [1.54, 1.807) is 16.7 Å². The van der Waals surface area contributed by atoms with Crippen LogP contribution < -0.4 is 5.32 Å². The van der Waals surface area contributed by atoms with Crippen molar-refractivity contribution in [1.29, 1.82) is 0 Å². The van der Waals surface area contributed by atoms with Gasteiger partial charge in [-0.1, -0.05) is 6.42 Å². The first-order chi connectivity index (χ1) is 11.6. The Morgan fingerprint density at radius 1 is 1.04 bits per heavy atom. The number of rotatable bonds is 2. The number of nitrogens with zero attached hydrogens (tertiary/aromatic N) is 2. The molecule has 2 aliphatic heterocycles. The normalized spacial score (nSPS) is 27.1. The molecule has 1 N–H and O–H groups in total. The van der Waals surface area contributed by atoms with Crippen LogP contribution in [0.4, 0.5) is 4.79 Å². The van der Waals surface area contributed by atoms with Crippen LogP contribution in [0, 0.1) is 0 Å². The van der Waals surface area contributed by atoms with E-state index in [-0.39, 0.29) is 18.0 Å². The lowest BCUT2D eigenvalue weighted by Crippen LogP contribution is -2.45. The number of hydrogen-bond donors (Lipinski definition) is 1. The van der Waals surface area contributed by atoms with Crippen molar-refractivity contribution in [2.45, 2.75) is 57.3 Å². The molecule has 0 aromatic rings. The smallest absolute Gasteiger partial charge is 0.317 e. The van der Waals surface area contributed by atoms with E-state index in [0.29, 0.717) is 32.8 Å². The van der Waals surface area contributed by atoms with Crippen molar-refractivity contribution < 1.29 is 19.1 Å². The Labute approximate surface area is 143 Å². The lowest BCUT2D eigenvalue weighted by molar-refractivity contribution is -0.186. The number of hydrogen-bond acceptors (Lipinski definition) is 4. The highest BCUT2D eigenvalue weighted by molar-refractivity contribution is 5.75. The molecular weight excluding hydrogens is 310 g/mol. The second-order valence-electron chi connectivity index (χ2n) is 7.05. The number of urea groups is 1. The molecule has 0 radical (unpaired) electrons. The maximum absolute atomic E-state index is 12.4. The van der Waals surface area contributed by atoms with E-state index < -0.39 is 5.79 Å². The summed E-state index contributed by atoms with van der Waals surface area (Å²) in [6.07, 6.45) is 6.24. The molecule has 3 fully saturated rings. The molecule has 1 saturated carbocycles. The minimum absolute atomic E-state index is 0.0623. The number of carbonyl (C=O) groups is 2. The maximum atomic E-state index is 12.4. The SMILES string of the molecule is CC(=O)N1CCCN(C(=O)NC[C@@H]2COC3(CCCCC3)O2)CC1. The summed E-state index contributed by atoms with van der Waals surface area (Å²) in [6.45, 7) is 5.20. The van der Waals surface area contributed by atoms with Crippen LogP contribution >= 0.6 is 0 Å². The van der Waals surface area contributed by atoms with Crippen molar-refractivity contribution in [2.75, 3.05) is 39.3 Å². The third-order valence-corrected chi connectivity index (χ3v) is 5.24. The number of ether oxygens (including phenoxy) is 2. The molecule has 1 spiro atoms. The van der Waals surface area contributed by atoms with Gasteiger partial charge in [0, 0.05) is 52.5 Å². The fraction of sp³-hybridized carbons (Fsp3) is 0.882. The van der Waals surface area contributed by atoms with Gasteiger partial charge in [-0.05, 0) is 19.3 Å². The Hall–Kier alpha value is -1.34. The highest BCUT2D eigenvalue weighted by Gasteiger charge is 2.42. The highest BCUT2D eigenvalue weighted by atomic mass is 16.7. The van der Waals surface area contributed by atoms with Gasteiger partial charge in [-0.3, -0.25) is 4.79 Å². The largest absolute Gasteiger partial charge is 0.347 e. The van der Waals surface area contributed by atoms with Gasteiger partial charge in [0.15, 0.2) is 5.79 Å². The fourth-order valence-corrected chi connectivity index (χ4v) is 3.82. The molecule has 3 amide bonds. The van der Waals surface area contributed by atoms with E-state index in [1.807, 2.05) is 0 Å². The molecule has 0 aromatic heterocycles. The van der Waals surface area contributed by atoms with Crippen LogP contribution in [0.2, 0.25) is 0 Å². The summed E-state index contributed by atoms with van der Waals surface area (Å²) in [7, 11) is 0. The number of nitrogens with one attached hydrogen (secondary N) is 1. The third kappa shape index (κ3) is 4.19. The molecule has 3 aliphatic rings. The molecule has 24 heavy (non-hydrogen) atoms. The lowest BCUT2D eigenvalue weighted by Gasteiger charge is -2.31. The zero-order chi connectivity index (χ0) is 17.0. The van der Waals surface area contributed by atoms with Crippen molar-refractivity contribution in [3.05, 3.63) is 0 Å². The fourth-order valence-electron chi connectivity index (χ4n) is 3.82. The molecule has 2 heterocycles. The Morgan fingerprint density at radius 3 is 2.50 bits per heavy atom. The van der Waals surface area contributed by atoms with Crippen LogP contribution in [0.1, 0.15) is 45.4 Å². The molecule has 136 valence electrons. The van der Waals surface area contributed by atoms with Crippen molar-refractivity contribution in [3.63, 3.8) is 0 Å². The second kappa shape index (κ2) is 7.70. The first-order valence-electron chi connectivity index (χ1n) is 9.18. The van der Waals surface area contributed by atoms with Crippen molar-refractivity contribution >= 4 is 11.9 Å². The summed E-state index contributed by atoms with van der Waals surface area (Å²) < 4.78 is 12.0. The molecule has 0 unspecified atom stereocenters. The Bertz CT molecular complexity index is 465. The van der Waals surface area contributed by atoms with E-state index in [9.17, 15) is 9.59 Å². The predicted molar refractivity (Wildman–Crippen MR) is 88.5 cm³/mol. The minimum atomic E-state index is -0.391. The Balaban J connectivity index is 1.42. The highest BCUT2D eigenvalue weighted by Crippen LogP contribution is 2.37. The van der Waals surface area contributed by atoms with Crippen LogP contribution in [-0.2, 0) is 14.3 Å². The van der Waals surface area contributed by atoms with Crippen LogP contribution in [0.15, 0.2) is 0 Å². The summed E-state index contributed by atoms with van der Waals surface area (Å²) >= 11 is 0. The van der Waals surface area contributed by atoms with Gasteiger partial charge in [0.1, 0.15) is 6.10 Å². The first kappa shape index (κ1) is 17.5. The topological polar surface area (TPSA) is 71.1 Å². The molecule has 0 aromatic carbocycles. The predicted octanol–water partition coefficient (Wildman–Crippen LogP) is 1.33. The monoisotopic (exact) mass is 339 g/mol. The van der Waals surface area contributed by atoms with E-state index in [0.717, 1.165) is 38.6 Å². The van der Waals surface area contributed by atoms with E-state index >= 15 is 0 Å². The van der Waals surface area contributed by atoms with Gasteiger partial charge in [-0.25, -0.2) is 4.79 Å². The molecule has 7 heteroatoms. The average molecular weight is 339 g/mol. The zero-order valence-electron chi connectivity index (χ0n) is 14.6. The van der Waals surface area contributed by atoms with Gasteiger partial charge in [0.2, 0.25) is 5.91 Å². The molecule has 1 atom stereocenters. The molecule has 0 bridgehead atoms. The first-order valence-corrected chi connectivity index (χ1v) is 9.18. The maximum Gasteiger partial charge on any atom is 0.317 e. The average Bonchev–Trinajstić information content (AvgIpc) is 2.81. The third-order valence-electron chi connectivity index (χ3n) is 5.24. The summed E-state index contributed by atoms with van der Waals surface area (Å²) in [5, 5.41) is 2.97. The van der Waals surface area contributed by atoms with Crippen molar-refractivity contribution in [3.8, 4) is 0 Å². The number of amides is 3. The summed E-state index contributed by atoms with van der Waals surface area (Å²) in [6, 6.07) is -0.0754.